The first-order chi connectivity index (χ1) is 24.9. The first kappa shape index (κ1) is 33.8. The molecule has 0 aliphatic carbocycles. The molecule has 0 bridgehead atoms. The van der Waals surface area contributed by atoms with Crippen LogP contribution in [-0.2, 0) is 16.0 Å². The number of carbonyl (C=O) groups is 3. The minimum atomic E-state index is -0.522. The highest BCUT2D eigenvalue weighted by molar-refractivity contribution is 9.10. The maximum absolute atomic E-state index is 14.0. The molecule has 0 radical (unpaired) electrons. The Morgan fingerprint density at radius 2 is 1.45 bits per heavy atom. The number of anilines is 2. The van der Waals surface area contributed by atoms with Crippen molar-refractivity contribution in [3.63, 3.8) is 0 Å². The molecule has 1 aromatic heterocycles. The van der Waals surface area contributed by atoms with E-state index in [1.54, 1.807) is 42.5 Å². The van der Waals surface area contributed by atoms with Gasteiger partial charge in [-0.3, -0.25) is 14.4 Å². The Hall–Kier alpha value is -5.64. The standard InChI is InChI=1S/C42H32BrN3O4S/c43-32-17-15-29(16-18-32)38-24-21-34(50-38)27-36(45-40(47)31-12-5-2-6-13-31)41(48)44-33-19-22-35(23-20-33)51-39(30-10-3-1-4-11-30)42(49)46-26-25-28-9-7-8-14-37(28)46/h1-24,27,39H,25-26H2,(H,44,48)(H,45,47). The van der Waals surface area contributed by atoms with E-state index in [1.165, 1.54) is 23.4 Å². The molecule has 9 heteroatoms. The highest BCUT2D eigenvalue weighted by Gasteiger charge is 2.31. The number of thioether (sulfide) groups is 1. The molecule has 1 aliphatic rings. The fourth-order valence-electron chi connectivity index (χ4n) is 5.83. The van der Waals surface area contributed by atoms with Gasteiger partial charge in [0.25, 0.3) is 11.8 Å². The molecule has 5 aromatic carbocycles. The van der Waals surface area contributed by atoms with Gasteiger partial charge in [0.05, 0.1) is 0 Å². The topological polar surface area (TPSA) is 91.7 Å². The second-order valence-corrected chi connectivity index (χ2v) is 13.9. The molecular weight excluding hydrogens is 722 g/mol. The zero-order chi connectivity index (χ0) is 35.2. The molecule has 7 rings (SSSR count). The monoisotopic (exact) mass is 753 g/mol. The molecule has 7 nitrogen and oxygen atoms in total. The predicted octanol–water partition coefficient (Wildman–Crippen LogP) is 9.54. The van der Waals surface area contributed by atoms with Crippen molar-refractivity contribution in [3.8, 4) is 11.3 Å². The number of rotatable bonds is 10. The molecular formula is C42H32BrN3O4S. The van der Waals surface area contributed by atoms with Gasteiger partial charge in [0.1, 0.15) is 22.5 Å². The normalized spacial score (nSPS) is 13.0. The van der Waals surface area contributed by atoms with Gasteiger partial charge in [0, 0.05) is 44.5 Å². The lowest BCUT2D eigenvalue weighted by Crippen LogP contribution is -2.32. The number of nitrogens with zero attached hydrogens (tertiary/aromatic N) is 1. The quantitative estimate of drug-likeness (QED) is 0.107. The van der Waals surface area contributed by atoms with Crippen LogP contribution in [0.1, 0.15) is 32.5 Å². The maximum Gasteiger partial charge on any atom is 0.272 e. The molecule has 1 unspecified atom stereocenters. The van der Waals surface area contributed by atoms with Gasteiger partial charge >= 0.3 is 0 Å². The highest BCUT2D eigenvalue weighted by atomic mass is 79.9. The van der Waals surface area contributed by atoms with Crippen LogP contribution >= 0.6 is 27.7 Å². The summed E-state index contributed by atoms with van der Waals surface area (Å²) in [6, 6.07) is 45.1. The van der Waals surface area contributed by atoms with Gasteiger partial charge in [-0.2, -0.15) is 0 Å². The van der Waals surface area contributed by atoms with Crippen molar-refractivity contribution in [3.05, 3.63) is 178 Å². The number of hydrogen-bond donors (Lipinski definition) is 2. The predicted molar refractivity (Wildman–Crippen MR) is 206 cm³/mol. The van der Waals surface area contributed by atoms with Gasteiger partial charge < -0.3 is 20.0 Å². The summed E-state index contributed by atoms with van der Waals surface area (Å²) in [5.41, 5.74) is 4.87. The molecule has 2 N–H and O–H groups in total. The van der Waals surface area contributed by atoms with Crippen molar-refractivity contribution in [1.82, 2.24) is 5.32 Å². The average molecular weight is 755 g/mol. The molecule has 1 aliphatic heterocycles. The lowest BCUT2D eigenvalue weighted by Gasteiger charge is -2.24. The Morgan fingerprint density at radius 1 is 0.765 bits per heavy atom. The van der Waals surface area contributed by atoms with Gasteiger partial charge in [0.2, 0.25) is 5.91 Å². The van der Waals surface area contributed by atoms with Crippen LogP contribution in [0.4, 0.5) is 11.4 Å². The summed E-state index contributed by atoms with van der Waals surface area (Å²) in [5.74, 6) is 0.0957. The number of para-hydroxylation sites is 1. The fraction of sp³-hybridized carbons (Fsp3) is 0.0714. The van der Waals surface area contributed by atoms with Crippen LogP contribution in [-0.4, -0.2) is 24.3 Å². The molecule has 2 heterocycles. The third-order valence-corrected chi connectivity index (χ3v) is 10.2. The summed E-state index contributed by atoms with van der Waals surface area (Å²) in [6.07, 6.45) is 2.34. The molecule has 6 aromatic rings. The van der Waals surface area contributed by atoms with Crippen molar-refractivity contribution in [1.29, 1.82) is 0 Å². The van der Waals surface area contributed by atoms with E-state index in [-0.39, 0.29) is 11.6 Å². The molecule has 0 spiro atoms. The van der Waals surface area contributed by atoms with Crippen molar-refractivity contribution in [2.24, 2.45) is 0 Å². The maximum atomic E-state index is 14.0. The van der Waals surface area contributed by atoms with Crippen LogP contribution in [0.3, 0.4) is 0 Å². The molecule has 0 fully saturated rings. The van der Waals surface area contributed by atoms with Crippen molar-refractivity contribution in [2.45, 2.75) is 16.6 Å². The Labute approximate surface area is 308 Å². The molecule has 0 saturated heterocycles. The molecule has 252 valence electrons. The van der Waals surface area contributed by atoms with Crippen molar-refractivity contribution >= 4 is 62.9 Å². The number of nitrogens with one attached hydrogen (secondary N) is 2. The summed E-state index contributed by atoms with van der Waals surface area (Å²) in [6.45, 7) is 0.646. The Kier molecular flexibility index (Phi) is 10.3. The summed E-state index contributed by atoms with van der Waals surface area (Å²) < 4.78 is 6.98. The molecule has 51 heavy (non-hydrogen) atoms. The number of carbonyl (C=O) groups excluding carboxylic acids is 3. The van der Waals surface area contributed by atoms with Gasteiger partial charge in [-0.05, 0) is 84.3 Å². The summed E-state index contributed by atoms with van der Waals surface area (Å²) in [7, 11) is 0. The van der Waals surface area contributed by atoms with Crippen LogP contribution in [0.2, 0.25) is 0 Å². The number of fused-ring (bicyclic) bond motifs is 1. The first-order valence-corrected chi connectivity index (χ1v) is 18.0. The van der Waals surface area contributed by atoms with E-state index in [1.807, 2.05) is 102 Å². The van der Waals surface area contributed by atoms with Crippen molar-refractivity contribution in [2.75, 3.05) is 16.8 Å². The zero-order valence-corrected chi connectivity index (χ0v) is 29.7. The Morgan fingerprint density at radius 3 is 2.20 bits per heavy atom. The second kappa shape index (κ2) is 15.5. The molecule has 0 saturated carbocycles. The number of furan rings is 1. The SMILES string of the molecule is O=C(Nc1ccc(SC(C(=O)N2CCc3ccccc32)c2ccccc2)cc1)C(=Cc1ccc(-c2ccc(Br)cc2)o1)NC(=O)c1ccccc1. The van der Waals surface area contributed by atoms with Crippen LogP contribution in [0.25, 0.3) is 17.4 Å². The third-order valence-electron chi connectivity index (χ3n) is 8.42. The molecule has 3 amide bonds. The minimum absolute atomic E-state index is 0.0136. The van der Waals surface area contributed by atoms with E-state index >= 15 is 0 Å². The minimum Gasteiger partial charge on any atom is -0.457 e. The third kappa shape index (κ3) is 8.06. The Bertz CT molecular complexity index is 2200. The van der Waals surface area contributed by atoms with Crippen LogP contribution in [0, 0.1) is 0 Å². The van der Waals surface area contributed by atoms with Gasteiger partial charge in [-0.25, -0.2) is 0 Å². The van der Waals surface area contributed by atoms with E-state index in [2.05, 4.69) is 32.6 Å². The Balaban J connectivity index is 1.10. The number of halogens is 1. The summed E-state index contributed by atoms with van der Waals surface area (Å²) in [4.78, 5) is 43.6. The summed E-state index contributed by atoms with van der Waals surface area (Å²) >= 11 is 4.91. The average Bonchev–Trinajstić information content (AvgIpc) is 3.83. The zero-order valence-electron chi connectivity index (χ0n) is 27.3. The van der Waals surface area contributed by atoms with E-state index in [9.17, 15) is 14.4 Å². The van der Waals surface area contributed by atoms with E-state index in [0.29, 0.717) is 29.3 Å². The van der Waals surface area contributed by atoms with Gasteiger partial charge in [-0.1, -0.05) is 94.8 Å². The van der Waals surface area contributed by atoms with Gasteiger partial charge in [0.15, 0.2) is 0 Å². The fourth-order valence-corrected chi connectivity index (χ4v) is 7.18. The lowest BCUT2D eigenvalue weighted by molar-refractivity contribution is -0.118. The number of hydrogen-bond acceptors (Lipinski definition) is 5. The highest BCUT2D eigenvalue weighted by Crippen LogP contribution is 2.40. The largest absolute Gasteiger partial charge is 0.457 e. The number of amides is 3. The molecule has 1 atom stereocenters. The van der Waals surface area contributed by atoms with Crippen LogP contribution in [0.15, 0.2) is 165 Å². The van der Waals surface area contributed by atoms with E-state index in [4.69, 9.17) is 4.42 Å². The van der Waals surface area contributed by atoms with Gasteiger partial charge in [-0.15, -0.1) is 11.8 Å². The first-order valence-electron chi connectivity index (χ1n) is 16.4. The van der Waals surface area contributed by atoms with E-state index in [0.717, 1.165) is 32.6 Å². The summed E-state index contributed by atoms with van der Waals surface area (Å²) in [5, 5.41) is 5.20. The smallest absolute Gasteiger partial charge is 0.272 e. The van der Waals surface area contributed by atoms with Crippen LogP contribution in [0.5, 0.6) is 0 Å². The number of benzene rings is 5. The lowest BCUT2D eigenvalue weighted by atomic mass is 10.1. The van der Waals surface area contributed by atoms with Crippen LogP contribution < -0.4 is 15.5 Å². The van der Waals surface area contributed by atoms with E-state index < -0.39 is 17.1 Å². The second-order valence-electron chi connectivity index (χ2n) is 11.8. The van der Waals surface area contributed by atoms with Crippen molar-refractivity contribution < 1.29 is 18.8 Å².